The Hall–Kier alpha value is -3.16. The molecule has 7 heteroatoms. The Morgan fingerprint density at radius 1 is 0.676 bits per heavy atom. The SMILES string of the molecule is COc1ccc(/C(=C\c2cc(OC)cc(OC)c2)C(OC)c2cc(OC)cc(OC)c2Br)cc1. The third-order valence-electron chi connectivity index (χ3n) is 5.42. The van der Waals surface area contributed by atoms with E-state index in [0.29, 0.717) is 23.0 Å². The van der Waals surface area contributed by atoms with Crippen molar-refractivity contribution in [2.24, 2.45) is 0 Å². The number of rotatable bonds is 10. The van der Waals surface area contributed by atoms with Gasteiger partial charge in [-0.3, -0.25) is 0 Å². The van der Waals surface area contributed by atoms with Crippen molar-refractivity contribution in [3.05, 3.63) is 75.8 Å². The van der Waals surface area contributed by atoms with Crippen LogP contribution in [0, 0.1) is 0 Å². The highest BCUT2D eigenvalue weighted by atomic mass is 79.9. The summed E-state index contributed by atoms with van der Waals surface area (Å²) in [6.07, 6.45) is 1.60. The van der Waals surface area contributed by atoms with Crippen molar-refractivity contribution in [2.75, 3.05) is 42.7 Å². The molecule has 0 amide bonds. The molecule has 0 aliphatic rings. The summed E-state index contributed by atoms with van der Waals surface area (Å²) in [5.41, 5.74) is 3.63. The van der Waals surface area contributed by atoms with Crippen LogP contribution in [0.2, 0.25) is 0 Å². The lowest BCUT2D eigenvalue weighted by Gasteiger charge is -2.23. The average molecular weight is 529 g/mol. The molecule has 34 heavy (non-hydrogen) atoms. The molecule has 1 unspecified atom stereocenters. The van der Waals surface area contributed by atoms with Gasteiger partial charge in [-0.2, -0.15) is 0 Å². The maximum absolute atomic E-state index is 6.07. The Morgan fingerprint density at radius 2 is 1.24 bits per heavy atom. The first-order valence-corrected chi connectivity index (χ1v) is 11.3. The van der Waals surface area contributed by atoms with Crippen LogP contribution in [-0.4, -0.2) is 42.7 Å². The first-order chi connectivity index (χ1) is 16.5. The van der Waals surface area contributed by atoms with Crippen LogP contribution >= 0.6 is 15.9 Å². The van der Waals surface area contributed by atoms with E-state index < -0.39 is 6.10 Å². The van der Waals surface area contributed by atoms with Gasteiger partial charge in [0.05, 0.1) is 40.0 Å². The minimum absolute atomic E-state index is 0.455. The molecule has 0 heterocycles. The van der Waals surface area contributed by atoms with Crippen LogP contribution in [0.4, 0.5) is 0 Å². The Kier molecular flexibility index (Phi) is 8.85. The quantitative estimate of drug-likeness (QED) is 0.283. The van der Waals surface area contributed by atoms with E-state index in [-0.39, 0.29) is 0 Å². The first kappa shape index (κ1) is 25.5. The molecular formula is C27H29BrO6. The van der Waals surface area contributed by atoms with Gasteiger partial charge in [-0.05, 0) is 69.0 Å². The van der Waals surface area contributed by atoms with Crippen molar-refractivity contribution >= 4 is 27.6 Å². The van der Waals surface area contributed by atoms with Gasteiger partial charge in [-0.15, -0.1) is 0 Å². The maximum Gasteiger partial charge on any atom is 0.137 e. The van der Waals surface area contributed by atoms with Gasteiger partial charge < -0.3 is 28.4 Å². The summed E-state index contributed by atoms with van der Waals surface area (Å²) >= 11 is 3.69. The van der Waals surface area contributed by atoms with E-state index in [9.17, 15) is 0 Å². The second-order valence-electron chi connectivity index (χ2n) is 7.32. The predicted molar refractivity (Wildman–Crippen MR) is 137 cm³/mol. The van der Waals surface area contributed by atoms with E-state index in [1.165, 1.54) is 0 Å². The smallest absolute Gasteiger partial charge is 0.137 e. The summed E-state index contributed by atoms with van der Waals surface area (Å²) in [7, 11) is 9.82. The van der Waals surface area contributed by atoms with Crippen molar-refractivity contribution in [2.45, 2.75) is 6.10 Å². The number of hydrogen-bond donors (Lipinski definition) is 0. The number of methoxy groups -OCH3 is 6. The van der Waals surface area contributed by atoms with Crippen LogP contribution < -0.4 is 23.7 Å². The molecule has 0 aromatic heterocycles. The molecule has 1 atom stereocenters. The topological polar surface area (TPSA) is 55.4 Å². The van der Waals surface area contributed by atoms with Crippen LogP contribution in [0.3, 0.4) is 0 Å². The van der Waals surface area contributed by atoms with E-state index in [2.05, 4.69) is 22.0 Å². The highest BCUT2D eigenvalue weighted by Crippen LogP contribution is 2.43. The molecule has 0 spiro atoms. The fraction of sp³-hybridized carbons (Fsp3) is 0.259. The van der Waals surface area contributed by atoms with Gasteiger partial charge in [0.15, 0.2) is 0 Å². The molecule has 3 aromatic carbocycles. The highest BCUT2D eigenvalue weighted by Gasteiger charge is 2.24. The molecule has 0 fully saturated rings. The van der Waals surface area contributed by atoms with E-state index >= 15 is 0 Å². The number of hydrogen-bond acceptors (Lipinski definition) is 6. The molecule has 0 aliphatic carbocycles. The van der Waals surface area contributed by atoms with Crippen LogP contribution in [-0.2, 0) is 4.74 Å². The second-order valence-corrected chi connectivity index (χ2v) is 8.12. The Morgan fingerprint density at radius 3 is 1.74 bits per heavy atom. The number of ether oxygens (including phenoxy) is 6. The van der Waals surface area contributed by atoms with E-state index in [1.807, 2.05) is 54.6 Å². The lowest BCUT2D eigenvalue weighted by molar-refractivity contribution is 0.150. The maximum atomic E-state index is 6.07. The summed E-state index contributed by atoms with van der Waals surface area (Å²) in [4.78, 5) is 0. The standard InChI is InChI=1S/C27H29BrO6/c1-29-19-9-7-18(8-10-19)23(13-17-11-20(30-2)14-21(12-17)31-3)27(34-6)24-15-22(32-4)16-25(33-5)26(24)28/h7-16,27H,1-6H3/b23-13+. The van der Waals surface area contributed by atoms with Gasteiger partial charge in [-0.25, -0.2) is 0 Å². The van der Waals surface area contributed by atoms with Gasteiger partial charge >= 0.3 is 0 Å². The fourth-order valence-corrected chi connectivity index (χ4v) is 4.26. The zero-order chi connectivity index (χ0) is 24.7. The van der Waals surface area contributed by atoms with Crippen molar-refractivity contribution in [1.29, 1.82) is 0 Å². The molecule has 0 saturated carbocycles. The minimum Gasteiger partial charge on any atom is -0.497 e. The first-order valence-electron chi connectivity index (χ1n) is 10.5. The summed E-state index contributed by atoms with van der Waals surface area (Å²) < 4.78 is 34.2. The molecule has 3 aromatic rings. The zero-order valence-corrected chi connectivity index (χ0v) is 21.8. The monoisotopic (exact) mass is 528 g/mol. The molecular weight excluding hydrogens is 500 g/mol. The lowest BCUT2D eigenvalue weighted by Crippen LogP contribution is -2.07. The van der Waals surface area contributed by atoms with Crippen molar-refractivity contribution in [3.8, 4) is 28.7 Å². The van der Waals surface area contributed by atoms with Crippen LogP contribution in [0.25, 0.3) is 11.6 Å². The van der Waals surface area contributed by atoms with Crippen LogP contribution in [0.1, 0.15) is 22.8 Å². The van der Waals surface area contributed by atoms with Crippen LogP contribution in [0.15, 0.2) is 59.1 Å². The van der Waals surface area contributed by atoms with Gasteiger partial charge in [0.25, 0.3) is 0 Å². The summed E-state index contributed by atoms with van der Waals surface area (Å²) in [5.74, 6) is 3.46. The second kappa shape index (κ2) is 11.8. The Balaban J connectivity index is 2.26. The fourth-order valence-electron chi connectivity index (χ4n) is 3.66. The zero-order valence-electron chi connectivity index (χ0n) is 20.2. The normalized spacial score (nSPS) is 12.1. The van der Waals surface area contributed by atoms with E-state index in [1.54, 1.807) is 42.7 Å². The molecule has 3 rings (SSSR count). The Bertz CT molecular complexity index is 1120. The minimum atomic E-state index is -0.455. The lowest BCUT2D eigenvalue weighted by atomic mass is 9.92. The molecule has 0 radical (unpaired) electrons. The molecule has 180 valence electrons. The van der Waals surface area contributed by atoms with Crippen molar-refractivity contribution in [1.82, 2.24) is 0 Å². The largest absolute Gasteiger partial charge is 0.497 e. The average Bonchev–Trinajstić information content (AvgIpc) is 2.89. The number of benzene rings is 3. The molecule has 0 saturated heterocycles. The Labute approximate surface area is 209 Å². The van der Waals surface area contributed by atoms with Crippen molar-refractivity contribution < 1.29 is 28.4 Å². The third-order valence-corrected chi connectivity index (χ3v) is 6.27. The van der Waals surface area contributed by atoms with Gasteiger partial charge in [-0.1, -0.05) is 12.1 Å². The van der Waals surface area contributed by atoms with Gasteiger partial charge in [0, 0.05) is 24.8 Å². The summed E-state index contributed by atoms with van der Waals surface area (Å²) in [5, 5.41) is 0. The van der Waals surface area contributed by atoms with Crippen molar-refractivity contribution in [3.63, 3.8) is 0 Å². The van der Waals surface area contributed by atoms with E-state index in [0.717, 1.165) is 32.5 Å². The summed E-state index contributed by atoms with van der Waals surface area (Å²) in [6.45, 7) is 0. The predicted octanol–water partition coefficient (Wildman–Crippen LogP) is 6.42. The van der Waals surface area contributed by atoms with Gasteiger partial charge in [0.1, 0.15) is 34.9 Å². The van der Waals surface area contributed by atoms with E-state index in [4.69, 9.17) is 28.4 Å². The molecule has 0 bridgehead atoms. The summed E-state index contributed by atoms with van der Waals surface area (Å²) in [6, 6.07) is 17.3. The van der Waals surface area contributed by atoms with Crippen LogP contribution in [0.5, 0.6) is 28.7 Å². The van der Waals surface area contributed by atoms with Gasteiger partial charge in [0.2, 0.25) is 0 Å². The number of halogens is 1. The molecule has 0 N–H and O–H groups in total. The highest BCUT2D eigenvalue weighted by molar-refractivity contribution is 9.10. The third kappa shape index (κ3) is 5.66. The molecule has 0 aliphatic heterocycles. The molecule has 6 nitrogen and oxygen atoms in total.